The Labute approximate surface area is 113 Å². The van der Waals surface area contributed by atoms with E-state index in [4.69, 9.17) is 0 Å². The highest BCUT2D eigenvalue weighted by atomic mass is 79.9. The van der Waals surface area contributed by atoms with Gasteiger partial charge in [0.15, 0.2) is 0 Å². The van der Waals surface area contributed by atoms with E-state index in [2.05, 4.69) is 42.2 Å². The summed E-state index contributed by atoms with van der Waals surface area (Å²) in [6.45, 7) is 3.50. The Morgan fingerprint density at radius 2 is 2.25 bits per heavy atom. The average molecular weight is 352 g/mol. The first-order valence-corrected chi connectivity index (χ1v) is 6.90. The molecule has 0 radical (unpaired) electrons. The number of aromatic nitrogens is 1. The van der Waals surface area contributed by atoms with Crippen molar-refractivity contribution in [2.75, 3.05) is 6.54 Å². The Bertz CT molecular complexity index is 334. The van der Waals surface area contributed by atoms with Crippen LogP contribution < -0.4 is 5.32 Å². The molecule has 3 nitrogen and oxygen atoms in total. The lowest BCUT2D eigenvalue weighted by atomic mass is 10.2. The maximum atomic E-state index is 9.38. The van der Waals surface area contributed by atoms with Gasteiger partial charge in [0.2, 0.25) is 0 Å². The third-order valence-electron chi connectivity index (χ3n) is 2.30. The fourth-order valence-electron chi connectivity index (χ4n) is 1.25. The van der Waals surface area contributed by atoms with Crippen molar-refractivity contribution in [3.05, 3.63) is 26.9 Å². The summed E-state index contributed by atoms with van der Waals surface area (Å²) in [5.74, 6) is 0. The van der Waals surface area contributed by atoms with Crippen molar-refractivity contribution in [3.8, 4) is 0 Å². The summed E-state index contributed by atoms with van der Waals surface area (Å²) in [5, 5.41) is 12.6. The molecule has 0 aliphatic carbocycles. The molecule has 1 unspecified atom stereocenters. The summed E-state index contributed by atoms with van der Waals surface area (Å²) >= 11 is 6.82. The van der Waals surface area contributed by atoms with Crippen LogP contribution in [0.2, 0.25) is 0 Å². The van der Waals surface area contributed by atoms with Gasteiger partial charge in [-0.05, 0) is 57.3 Å². The molecule has 0 aromatic carbocycles. The number of pyridine rings is 1. The molecule has 0 aliphatic rings. The maximum Gasteiger partial charge on any atom is 0.0684 e. The summed E-state index contributed by atoms with van der Waals surface area (Å²) in [6.07, 6.45) is 3.17. The van der Waals surface area contributed by atoms with Gasteiger partial charge in [0.1, 0.15) is 0 Å². The zero-order chi connectivity index (χ0) is 12.0. The minimum Gasteiger partial charge on any atom is -0.393 e. The molecule has 1 rings (SSSR count). The fraction of sp³-hybridized carbons (Fsp3) is 0.545. The van der Waals surface area contributed by atoms with E-state index >= 15 is 0 Å². The van der Waals surface area contributed by atoms with Crippen LogP contribution in [-0.2, 0) is 6.54 Å². The van der Waals surface area contributed by atoms with Crippen LogP contribution in [-0.4, -0.2) is 22.7 Å². The number of nitrogens with one attached hydrogen (secondary N) is 1. The molecule has 1 aromatic rings. The van der Waals surface area contributed by atoms with Crippen molar-refractivity contribution >= 4 is 31.9 Å². The van der Waals surface area contributed by atoms with Crippen LogP contribution in [0.15, 0.2) is 21.2 Å². The minimum atomic E-state index is -0.200. The zero-order valence-corrected chi connectivity index (χ0v) is 12.4. The first-order valence-electron chi connectivity index (χ1n) is 5.32. The lowest BCUT2D eigenvalue weighted by molar-refractivity contribution is 0.159. The number of halogens is 2. The molecule has 0 saturated carbocycles. The highest BCUT2D eigenvalue weighted by Crippen LogP contribution is 2.19. The van der Waals surface area contributed by atoms with Crippen molar-refractivity contribution in [3.63, 3.8) is 0 Å². The Kier molecular flexibility index (Phi) is 6.49. The number of aliphatic hydroxyl groups is 1. The molecule has 0 fully saturated rings. The van der Waals surface area contributed by atoms with Crippen LogP contribution in [0, 0.1) is 0 Å². The molecular weight excluding hydrogens is 336 g/mol. The largest absolute Gasteiger partial charge is 0.393 e. The molecule has 0 spiro atoms. The van der Waals surface area contributed by atoms with Crippen molar-refractivity contribution in [1.29, 1.82) is 0 Å². The lowest BCUT2D eigenvalue weighted by Crippen LogP contribution is -2.20. The number of hydrogen-bond acceptors (Lipinski definition) is 3. The Morgan fingerprint density at radius 1 is 1.50 bits per heavy atom. The topological polar surface area (TPSA) is 45.1 Å². The van der Waals surface area contributed by atoms with Crippen LogP contribution in [0.3, 0.4) is 0 Å². The quantitative estimate of drug-likeness (QED) is 0.774. The molecule has 1 heterocycles. The molecule has 5 heteroatoms. The van der Waals surface area contributed by atoms with Gasteiger partial charge < -0.3 is 10.4 Å². The van der Waals surface area contributed by atoms with Crippen LogP contribution in [0.1, 0.15) is 25.5 Å². The Hall–Kier alpha value is 0.0300. The van der Waals surface area contributed by atoms with E-state index < -0.39 is 0 Å². The number of aliphatic hydroxyl groups excluding tert-OH is 1. The lowest BCUT2D eigenvalue weighted by Gasteiger charge is -2.09. The van der Waals surface area contributed by atoms with E-state index in [9.17, 15) is 5.11 Å². The smallest absolute Gasteiger partial charge is 0.0684 e. The standard InChI is InChI=1S/C11H16Br2N2O/c1-2-9(16)3-4-14-7-11-10(13)5-8(12)6-15-11/h5-6,9,14,16H,2-4,7H2,1H3. The van der Waals surface area contributed by atoms with Gasteiger partial charge in [-0.1, -0.05) is 6.92 Å². The number of rotatable bonds is 6. The van der Waals surface area contributed by atoms with Crippen LogP contribution in [0.25, 0.3) is 0 Å². The second kappa shape index (κ2) is 7.37. The fourth-order valence-corrected chi connectivity index (χ4v) is 2.38. The van der Waals surface area contributed by atoms with Gasteiger partial charge in [0.25, 0.3) is 0 Å². The summed E-state index contributed by atoms with van der Waals surface area (Å²) in [7, 11) is 0. The zero-order valence-electron chi connectivity index (χ0n) is 9.21. The van der Waals surface area contributed by atoms with Gasteiger partial charge in [0, 0.05) is 21.7 Å². The molecule has 90 valence electrons. The molecule has 16 heavy (non-hydrogen) atoms. The molecule has 1 atom stereocenters. The minimum absolute atomic E-state index is 0.200. The van der Waals surface area contributed by atoms with Gasteiger partial charge >= 0.3 is 0 Å². The molecular formula is C11H16Br2N2O. The summed E-state index contributed by atoms with van der Waals surface area (Å²) in [5.41, 5.74) is 0.981. The van der Waals surface area contributed by atoms with Crippen LogP contribution >= 0.6 is 31.9 Å². The molecule has 1 aromatic heterocycles. The molecule has 0 bridgehead atoms. The number of hydrogen-bond donors (Lipinski definition) is 2. The van der Waals surface area contributed by atoms with Gasteiger partial charge in [-0.15, -0.1) is 0 Å². The molecule has 0 saturated heterocycles. The highest BCUT2D eigenvalue weighted by molar-refractivity contribution is 9.11. The van der Waals surface area contributed by atoms with E-state index in [1.54, 1.807) is 6.20 Å². The summed E-state index contributed by atoms with van der Waals surface area (Å²) in [4.78, 5) is 4.30. The van der Waals surface area contributed by atoms with Crippen molar-refractivity contribution in [2.45, 2.75) is 32.4 Å². The monoisotopic (exact) mass is 350 g/mol. The van der Waals surface area contributed by atoms with Gasteiger partial charge in [-0.3, -0.25) is 4.98 Å². The van der Waals surface area contributed by atoms with Crippen LogP contribution in [0.5, 0.6) is 0 Å². The molecule has 0 amide bonds. The normalized spacial score (nSPS) is 12.8. The first-order chi connectivity index (χ1) is 7.63. The second-order valence-electron chi connectivity index (χ2n) is 3.61. The Morgan fingerprint density at radius 3 is 2.88 bits per heavy atom. The number of nitrogens with zero attached hydrogens (tertiary/aromatic N) is 1. The van der Waals surface area contributed by atoms with E-state index in [0.717, 1.165) is 34.0 Å². The average Bonchev–Trinajstić information content (AvgIpc) is 2.26. The molecule has 2 N–H and O–H groups in total. The van der Waals surface area contributed by atoms with Crippen molar-refractivity contribution in [2.24, 2.45) is 0 Å². The summed E-state index contributed by atoms with van der Waals surface area (Å²) < 4.78 is 1.95. The second-order valence-corrected chi connectivity index (χ2v) is 5.38. The molecule has 0 aliphatic heterocycles. The maximum absolute atomic E-state index is 9.38. The first kappa shape index (κ1) is 14.1. The van der Waals surface area contributed by atoms with E-state index in [1.165, 1.54) is 0 Å². The van der Waals surface area contributed by atoms with Crippen molar-refractivity contribution in [1.82, 2.24) is 10.3 Å². The van der Waals surface area contributed by atoms with E-state index in [-0.39, 0.29) is 6.10 Å². The van der Waals surface area contributed by atoms with Gasteiger partial charge in [0.05, 0.1) is 11.8 Å². The van der Waals surface area contributed by atoms with Crippen LogP contribution in [0.4, 0.5) is 0 Å². The van der Waals surface area contributed by atoms with E-state index in [1.807, 2.05) is 13.0 Å². The third-order valence-corrected chi connectivity index (χ3v) is 3.42. The Balaban J connectivity index is 2.32. The van der Waals surface area contributed by atoms with Gasteiger partial charge in [-0.2, -0.15) is 0 Å². The summed E-state index contributed by atoms with van der Waals surface area (Å²) in [6, 6.07) is 1.98. The highest BCUT2D eigenvalue weighted by Gasteiger charge is 2.03. The third kappa shape index (κ3) is 4.91. The SMILES string of the molecule is CCC(O)CCNCc1ncc(Br)cc1Br. The predicted molar refractivity (Wildman–Crippen MR) is 72.3 cm³/mol. The van der Waals surface area contributed by atoms with Crippen molar-refractivity contribution < 1.29 is 5.11 Å². The van der Waals surface area contributed by atoms with Gasteiger partial charge in [-0.25, -0.2) is 0 Å². The van der Waals surface area contributed by atoms with E-state index in [0.29, 0.717) is 6.54 Å². The predicted octanol–water partition coefficient (Wildman–Crippen LogP) is 2.86.